The molecule has 0 heterocycles. The number of benzene rings is 1. The van der Waals surface area contributed by atoms with Crippen molar-refractivity contribution in [2.24, 2.45) is 5.92 Å². The van der Waals surface area contributed by atoms with Crippen molar-refractivity contribution in [1.82, 2.24) is 0 Å². The molecule has 0 atom stereocenters. The molecule has 0 aliphatic rings. The highest BCUT2D eigenvalue weighted by Crippen LogP contribution is 2.18. The topological polar surface area (TPSA) is 71.1 Å². The van der Waals surface area contributed by atoms with Crippen molar-refractivity contribution in [3.8, 4) is 11.5 Å². The Hall–Kier alpha value is -2.24. The van der Waals surface area contributed by atoms with Crippen LogP contribution in [0.2, 0.25) is 0 Å². The first kappa shape index (κ1) is 17.8. The molecule has 1 aromatic rings. The van der Waals surface area contributed by atoms with Crippen LogP contribution in [0.1, 0.15) is 20.8 Å². The maximum Gasteiger partial charge on any atom is 0.323 e. The van der Waals surface area contributed by atoms with Gasteiger partial charge in [0.2, 0.25) is 0 Å². The second kappa shape index (κ2) is 9.65. The van der Waals surface area contributed by atoms with Crippen molar-refractivity contribution >= 4 is 11.9 Å². The first-order chi connectivity index (χ1) is 10.6. The van der Waals surface area contributed by atoms with Crippen LogP contribution in [0.15, 0.2) is 24.3 Å². The third-order valence-corrected chi connectivity index (χ3v) is 2.69. The van der Waals surface area contributed by atoms with E-state index in [1.807, 2.05) is 6.92 Å². The van der Waals surface area contributed by atoms with Gasteiger partial charge in [-0.3, -0.25) is 9.59 Å². The Bertz CT molecular complexity index is 450. The lowest BCUT2D eigenvalue weighted by Gasteiger charge is -2.15. The van der Waals surface area contributed by atoms with Crippen LogP contribution in [0.5, 0.6) is 11.5 Å². The first-order valence-electron chi connectivity index (χ1n) is 7.31. The monoisotopic (exact) mass is 310 g/mol. The Labute approximate surface area is 130 Å². The highest BCUT2D eigenvalue weighted by Gasteiger charge is 2.30. The Balaban J connectivity index is 2.65. The third kappa shape index (κ3) is 5.63. The van der Waals surface area contributed by atoms with Gasteiger partial charge in [-0.05, 0) is 45.0 Å². The smallest absolute Gasteiger partial charge is 0.323 e. The van der Waals surface area contributed by atoms with Gasteiger partial charge in [0.05, 0.1) is 19.8 Å². The average Bonchev–Trinajstić information content (AvgIpc) is 2.50. The Morgan fingerprint density at radius 3 is 1.68 bits per heavy atom. The van der Waals surface area contributed by atoms with E-state index in [-0.39, 0.29) is 19.8 Å². The van der Waals surface area contributed by atoms with E-state index in [4.69, 9.17) is 18.9 Å². The second-order valence-corrected chi connectivity index (χ2v) is 4.27. The lowest BCUT2D eigenvalue weighted by atomic mass is 10.1. The van der Waals surface area contributed by atoms with Crippen LogP contribution in [-0.2, 0) is 19.1 Å². The molecule has 0 aromatic heterocycles. The maximum atomic E-state index is 11.8. The highest BCUT2D eigenvalue weighted by molar-refractivity contribution is 5.95. The molecular formula is C16H22O6. The van der Waals surface area contributed by atoms with Gasteiger partial charge in [0.15, 0.2) is 5.92 Å². The zero-order chi connectivity index (χ0) is 16.4. The summed E-state index contributed by atoms with van der Waals surface area (Å²) in [6, 6.07) is 6.92. The van der Waals surface area contributed by atoms with Crippen LogP contribution in [0.4, 0.5) is 0 Å². The molecule has 0 aliphatic heterocycles. The molecule has 0 N–H and O–H groups in total. The first-order valence-corrected chi connectivity index (χ1v) is 7.31. The summed E-state index contributed by atoms with van der Waals surface area (Å²) >= 11 is 0. The summed E-state index contributed by atoms with van der Waals surface area (Å²) in [5.41, 5.74) is 0. The molecule has 0 bridgehead atoms. The van der Waals surface area contributed by atoms with Crippen molar-refractivity contribution in [2.45, 2.75) is 20.8 Å². The van der Waals surface area contributed by atoms with Crippen molar-refractivity contribution < 1.29 is 28.5 Å². The summed E-state index contributed by atoms with van der Waals surface area (Å²) in [6.45, 7) is 6.07. The van der Waals surface area contributed by atoms with Gasteiger partial charge in [-0.1, -0.05) is 0 Å². The van der Waals surface area contributed by atoms with Gasteiger partial charge >= 0.3 is 11.9 Å². The Morgan fingerprint density at radius 1 is 0.818 bits per heavy atom. The van der Waals surface area contributed by atoms with Crippen LogP contribution in [0.3, 0.4) is 0 Å². The van der Waals surface area contributed by atoms with E-state index in [1.165, 1.54) is 0 Å². The molecule has 0 fully saturated rings. The molecule has 0 aliphatic carbocycles. The zero-order valence-electron chi connectivity index (χ0n) is 13.2. The number of esters is 2. The van der Waals surface area contributed by atoms with E-state index in [0.717, 1.165) is 5.75 Å². The van der Waals surface area contributed by atoms with Gasteiger partial charge in [0.1, 0.15) is 18.1 Å². The molecule has 0 amide bonds. The summed E-state index contributed by atoms with van der Waals surface area (Å²) in [5.74, 6) is -1.13. The van der Waals surface area contributed by atoms with Gasteiger partial charge in [0, 0.05) is 0 Å². The van der Waals surface area contributed by atoms with Crippen molar-refractivity contribution in [3.63, 3.8) is 0 Å². The molecule has 1 aromatic carbocycles. The molecule has 22 heavy (non-hydrogen) atoms. The summed E-state index contributed by atoms with van der Waals surface area (Å²) in [5, 5.41) is 0. The minimum atomic E-state index is -1.09. The largest absolute Gasteiger partial charge is 0.494 e. The van der Waals surface area contributed by atoms with E-state index in [0.29, 0.717) is 12.4 Å². The van der Waals surface area contributed by atoms with Crippen LogP contribution < -0.4 is 9.47 Å². The Morgan fingerprint density at radius 2 is 1.27 bits per heavy atom. The second-order valence-electron chi connectivity index (χ2n) is 4.27. The lowest BCUT2D eigenvalue weighted by Crippen LogP contribution is -2.33. The number of rotatable bonds is 9. The van der Waals surface area contributed by atoms with Gasteiger partial charge in [-0.2, -0.15) is 0 Å². The van der Waals surface area contributed by atoms with E-state index in [1.54, 1.807) is 38.1 Å². The van der Waals surface area contributed by atoms with Crippen molar-refractivity contribution in [1.29, 1.82) is 0 Å². The molecule has 0 saturated carbocycles. The lowest BCUT2D eigenvalue weighted by molar-refractivity contribution is -0.162. The number of ether oxygens (including phenoxy) is 4. The van der Waals surface area contributed by atoms with Crippen LogP contribution in [0, 0.1) is 5.92 Å². The normalized spacial score (nSPS) is 10.2. The molecule has 6 nitrogen and oxygen atoms in total. The van der Waals surface area contributed by atoms with Crippen LogP contribution in [0.25, 0.3) is 0 Å². The van der Waals surface area contributed by atoms with Gasteiger partial charge < -0.3 is 18.9 Å². The molecule has 122 valence electrons. The van der Waals surface area contributed by atoms with Gasteiger partial charge in [-0.25, -0.2) is 0 Å². The molecular weight excluding hydrogens is 288 g/mol. The fraction of sp³-hybridized carbons (Fsp3) is 0.500. The molecule has 0 spiro atoms. The minimum absolute atomic E-state index is 0.133. The predicted octanol–water partition coefficient (Wildman–Crippen LogP) is 2.21. The zero-order valence-corrected chi connectivity index (χ0v) is 13.2. The van der Waals surface area contributed by atoms with Crippen molar-refractivity contribution in [2.75, 3.05) is 26.4 Å². The number of carbonyl (C=O) groups excluding carboxylic acids is 2. The molecule has 0 radical (unpaired) electrons. The number of hydrogen-bond acceptors (Lipinski definition) is 6. The van der Waals surface area contributed by atoms with E-state index in [9.17, 15) is 9.59 Å². The van der Waals surface area contributed by atoms with Gasteiger partial charge in [0.25, 0.3) is 0 Å². The predicted molar refractivity (Wildman–Crippen MR) is 79.9 cm³/mol. The van der Waals surface area contributed by atoms with E-state index >= 15 is 0 Å². The van der Waals surface area contributed by atoms with E-state index in [2.05, 4.69) is 0 Å². The standard InChI is InChI=1S/C16H22O6/c1-4-19-12-7-9-13(10-8-12)22-11-14(15(17)20-5-2)16(18)21-6-3/h7-10,14H,4-6,11H2,1-3H3. The summed E-state index contributed by atoms with van der Waals surface area (Å²) in [6.07, 6.45) is 0. The minimum Gasteiger partial charge on any atom is -0.494 e. The molecule has 0 saturated heterocycles. The average molecular weight is 310 g/mol. The molecule has 6 heteroatoms. The molecule has 0 unspecified atom stereocenters. The fourth-order valence-corrected chi connectivity index (χ4v) is 1.70. The van der Waals surface area contributed by atoms with Crippen LogP contribution >= 0.6 is 0 Å². The third-order valence-electron chi connectivity index (χ3n) is 2.69. The van der Waals surface area contributed by atoms with E-state index < -0.39 is 17.9 Å². The SMILES string of the molecule is CCOC(=O)C(COc1ccc(OCC)cc1)C(=O)OCC. The summed E-state index contributed by atoms with van der Waals surface area (Å²) in [4.78, 5) is 23.6. The van der Waals surface area contributed by atoms with Gasteiger partial charge in [-0.15, -0.1) is 0 Å². The summed E-state index contributed by atoms with van der Waals surface area (Å²) < 4.78 is 20.5. The quantitative estimate of drug-likeness (QED) is 0.514. The highest BCUT2D eigenvalue weighted by atomic mass is 16.6. The maximum absolute atomic E-state index is 11.8. The fourth-order valence-electron chi connectivity index (χ4n) is 1.70. The summed E-state index contributed by atoms with van der Waals surface area (Å²) in [7, 11) is 0. The Kier molecular flexibility index (Phi) is 7.81. The number of hydrogen-bond donors (Lipinski definition) is 0. The molecule has 1 rings (SSSR count). The number of carbonyl (C=O) groups is 2. The van der Waals surface area contributed by atoms with Crippen molar-refractivity contribution in [3.05, 3.63) is 24.3 Å². The van der Waals surface area contributed by atoms with Crippen LogP contribution in [-0.4, -0.2) is 38.4 Å².